The lowest BCUT2D eigenvalue weighted by molar-refractivity contribution is 0.132. The average Bonchev–Trinajstić information content (AvgIpc) is 3.30. The lowest BCUT2D eigenvalue weighted by Crippen LogP contribution is -2.39. The van der Waals surface area contributed by atoms with Gasteiger partial charge >= 0.3 is 0 Å². The Morgan fingerprint density at radius 2 is 1.76 bits per heavy atom. The molecule has 1 aliphatic heterocycles. The summed E-state index contributed by atoms with van der Waals surface area (Å²) in [5.41, 5.74) is 3.61. The van der Waals surface area contributed by atoms with Crippen LogP contribution in [-0.2, 0) is 16.3 Å². The van der Waals surface area contributed by atoms with Gasteiger partial charge in [0.25, 0.3) is 5.19 Å². The maximum atomic E-state index is 11.7. The molecule has 37 heavy (non-hydrogen) atoms. The molecule has 0 aliphatic carbocycles. The van der Waals surface area contributed by atoms with E-state index in [1.807, 2.05) is 24.5 Å². The van der Waals surface area contributed by atoms with E-state index < -0.39 is 9.84 Å². The van der Waals surface area contributed by atoms with Gasteiger partial charge in [0.15, 0.2) is 9.84 Å². The van der Waals surface area contributed by atoms with Crippen LogP contribution in [0.5, 0.6) is 5.19 Å². The average molecular weight is 538 g/mol. The summed E-state index contributed by atoms with van der Waals surface area (Å²) < 4.78 is 29.7. The van der Waals surface area contributed by atoms with Crippen LogP contribution in [0.15, 0.2) is 53.7 Å². The molecule has 4 heterocycles. The van der Waals surface area contributed by atoms with Crippen LogP contribution in [-0.4, -0.2) is 53.8 Å². The number of fused-ring (bicyclic) bond motifs is 1. The van der Waals surface area contributed by atoms with E-state index in [0.29, 0.717) is 16.0 Å². The van der Waals surface area contributed by atoms with E-state index in [1.165, 1.54) is 23.2 Å². The third kappa shape index (κ3) is 5.91. The summed E-state index contributed by atoms with van der Waals surface area (Å²) in [4.78, 5) is 21.9. The second-order valence-corrected chi connectivity index (χ2v) is 12.5. The SMILES string of the molecule is CCCc1cnc(N2CCC([C@H](C)Oc3nc4ccc(-c5ccc(S(C)(=O)=O)cc5)nc4s3)CC2)nc1. The maximum Gasteiger partial charge on any atom is 0.276 e. The van der Waals surface area contributed by atoms with Crippen LogP contribution in [0.2, 0.25) is 0 Å². The number of hydrogen-bond acceptors (Lipinski definition) is 9. The van der Waals surface area contributed by atoms with Crippen molar-refractivity contribution in [2.75, 3.05) is 24.2 Å². The van der Waals surface area contributed by atoms with E-state index >= 15 is 0 Å². The smallest absolute Gasteiger partial charge is 0.276 e. The van der Waals surface area contributed by atoms with Crippen LogP contribution in [0.25, 0.3) is 21.6 Å². The largest absolute Gasteiger partial charge is 0.467 e. The first-order valence-electron chi connectivity index (χ1n) is 12.6. The van der Waals surface area contributed by atoms with Gasteiger partial charge in [0.05, 0.1) is 10.6 Å². The summed E-state index contributed by atoms with van der Waals surface area (Å²) in [7, 11) is -3.23. The molecule has 3 aromatic heterocycles. The van der Waals surface area contributed by atoms with E-state index in [2.05, 4.69) is 33.7 Å². The molecule has 8 nitrogen and oxygen atoms in total. The number of nitrogens with zero attached hydrogens (tertiary/aromatic N) is 5. The summed E-state index contributed by atoms with van der Waals surface area (Å²) in [6.07, 6.45) is 9.27. The van der Waals surface area contributed by atoms with Gasteiger partial charge < -0.3 is 9.64 Å². The molecule has 1 fully saturated rings. The van der Waals surface area contributed by atoms with Gasteiger partial charge in [-0.05, 0) is 61.9 Å². The van der Waals surface area contributed by atoms with Gasteiger partial charge in [0.1, 0.15) is 16.5 Å². The number of pyridine rings is 1. The standard InChI is InChI=1S/C27H31N5O3S2/c1-4-5-19-16-28-26(29-17-19)32-14-12-20(13-15-32)18(2)35-27-31-24-11-10-23(30-25(24)36-27)21-6-8-22(9-7-21)37(3,33)34/h6-11,16-18,20H,4-5,12-15H2,1-3H3/t18-/m0/s1. The van der Waals surface area contributed by atoms with Crippen molar-refractivity contribution >= 4 is 37.5 Å². The molecule has 4 aromatic rings. The van der Waals surface area contributed by atoms with E-state index in [4.69, 9.17) is 9.72 Å². The second kappa shape index (κ2) is 10.7. The molecule has 0 N–H and O–H groups in total. The number of rotatable bonds is 8. The Morgan fingerprint density at radius 1 is 1.05 bits per heavy atom. The molecular formula is C27H31N5O3S2. The molecule has 194 valence electrons. The number of benzene rings is 1. The Kier molecular flexibility index (Phi) is 7.39. The van der Waals surface area contributed by atoms with Crippen LogP contribution in [0.4, 0.5) is 5.95 Å². The van der Waals surface area contributed by atoms with E-state index in [1.54, 1.807) is 24.3 Å². The Bertz CT molecular complexity index is 1460. The van der Waals surface area contributed by atoms with E-state index in [9.17, 15) is 8.42 Å². The van der Waals surface area contributed by atoms with Crippen LogP contribution >= 0.6 is 11.3 Å². The summed E-state index contributed by atoms with van der Waals surface area (Å²) in [6, 6.07) is 10.6. The highest BCUT2D eigenvalue weighted by molar-refractivity contribution is 7.90. The molecule has 1 saturated heterocycles. The maximum absolute atomic E-state index is 11.7. The number of thiazole rings is 1. The van der Waals surface area contributed by atoms with Gasteiger partial charge in [-0.25, -0.2) is 28.4 Å². The zero-order valence-corrected chi connectivity index (χ0v) is 22.9. The molecule has 10 heteroatoms. The summed E-state index contributed by atoms with van der Waals surface area (Å²) in [5.74, 6) is 1.24. The van der Waals surface area contributed by atoms with Crippen LogP contribution in [0.3, 0.4) is 0 Å². The normalized spacial score (nSPS) is 15.7. The van der Waals surface area contributed by atoms with Crippen molar-refractivity contribution in [2.24, 2.45) is 5.92 Å². The number of hydrogen-bond donors (Lipinski definition) is 0. The fraction of sp³-hybridized carbons (Fsp3) is 0.407. The first kappa shape index (κ1) is 25.5. The minimum atomic E-state index is -3.23. The third-order valence-corrected chi connectivity index (χ3v) is 8.80. The van der Waals surface area contributed by atoms with Crippen molar-refractivity contribution in [2.45, 2.75) is 50.5 Å². The lowest BCUT2D eigenvalue weighted by atomic mass is 9.92. The van der Waals surface area contributed by atoms with Gasteiger partial charge in [-0.1, -0.05) is 36.8 Å². The molecule has 5 rings (SSSR count). The first-order valence-corrected chi connectivity index (χ1v) is 15.3. The molecule has 0 spiro atoms. The topological polar surface area (TPSA) is 98.2 Å². The molecule has 1 atom stereocenters. The Hall–Kier alpha value is -3.11. The highest BCUT2D eigenvalue weighted by Crippen LogP contribution is 2.32. The molecule has 1 aromatic carbocycles. The quantitative estimate of drug-likeness (QED) is 0.303. The van der Waals surface area contributed by atoms with Crippen molar-refractivity contribution in [1.82, 2.24) is 19.9 Å². The van der Waals surface area contributed by atoms with Gasteiger partial charge in [-0.3, -0.25) is 0 Å². The highest BCUT2D eigenvalue weighted by Gasteiger charge is 2.27. The van der Waals surface area contributed by atoms with Crippen LogP contribution < -0.4 is 9.64 Å². The lowest BCUT2D eigenvalue weighted by Gasteiger charge is -2.34. The number of piperidine rings is 1. The van der Waals surface area contributed by atoms with Crippen molar-refractivity contribution in [3.63, 3.8) is 0 Å². The summed E-state index contributed by atoms with van der Waals surface area (Å²) >= 11 is 1.44. The zero-order chi connectivity index (χ0) is 26.0. The highest BCUT2D eigenvalue weighted by atomic mass is 32.2. The van der Waals surface area contributed by atoms with Crippen molar-refractivity contribution < 1.29 is 13.2 Å². The molecule has 0 unspecified atom stereocenters. The van der Waals surface area contributed by atoms with Gasteiger partial charge in [0, 0.05) is 37.3 Å². The Balaban J connectivity index is 1.21. The van der Waals surface area contributed by atoms with E-state index in [0.717, 1.165) is 66.3 Å². The molecule has 0 radical (unpaired) electrons. The number of aryl methyl sites for hydroxylation is 1. The summed E-state index contributed by atoms with van der Waals surface area (Å²) in [5, 5.41) is 0.622. The Morgan fingerprint density at radius 3 is 2.41 bits per heavy atom. The van der Waals surface area contributed by atoms with Gasteiger partial charge in [0.2, 0.25) is 5.95 Å². The Labute approximate surface area is 221 Å². The van der Waals surface area contributed by atoms with Gasteiger partial charge in [-0.2, -0.15) is 0 Å². The summed E-state index contributed by atoms with van der Waals surface area (Å²) in [6.45, 7) is 6.10. The van der Waals surface area contributed by atoms with Crippen molar-refractivity contribution in [3.8, 4) is 16.5 Å². The van der Waals surface area contributed by atoms with Crippen molar-refractivity contribution in [3.05, 3.63) is 54.4 Å². The molecule has 0 saturated carbocycles. The number of anilines is 1. The fourth-order valence-electron chi connectivity index (χ4n) is 4.63. The van der Waals surface area contributed by atoms with E-state index in [-0.39, 0.29) is 6.10 Å². The fourth-order valence-corrected chi connectivity index (χ4v) is 6.14. The molecule has 1 aliphatic rings. The number of sulfone groups is 1. The third-order valence-electron chi connectivity index (χ3n) is 6.82. The predicted molar refractivity (Wildman–Crippen MR) is 147 cm³/mol. The van der Waals surface area contributed by atoms with Gasteiger partial charge in [-0.15, -0.1) is 0 Å². The number of ether oxygens (including phenoxy) is 1. The molecule has 0 bridgehead atoms. The van der Waals surface area contributed by atoms with Crippen LogP contribution in [0, 0.1) is 5.92 Å². The monoisotopic (exact) mass is 537 g/mol. The molecular weight excluding hydrogens is 506 g/mol. The predicted octanol–water partition coefficient (Wildman–Crippen LogP) is 5.19. The van der Waals surface area contributed by atoms with Crippen LogP contribution in [0.1, 0.15) is 38.7 Å². The minimum Gasteiger partial charge on any atom is -0.467 e. The number of aromatic nitrogens is 4. The molecule has 0 amide bonds. The second-order valence-electron chi connectivity index (χ2n) is 9.59. The first-order chi connectivity index (χ1) is 17.8. The zero-order valence-electron chi connectivity index (χ0n) is 21.3. The van der Waals surface area contributed by atoms with Crippen molar-refractivity contribution in [1.29, 1.82) is 0 Å². The minimum absolute atomic E-state index is 0.0403.